The number of ether oxygens (including phenoxy) is 4. The van der Waals surface area contributed by atoms with Crippen LogP contribution in [0.1, 0.15) is 58.9 Å². The van der Waals surface area contributed by atoms with Crippen LogP contribution >= 0.6 is 0 Å². The van der Waals surface area contributed by atoms with Gasteiger partial charge in [0, 0.05) is 18.4 Å². The quantitative estimate of drug-likeness (QED) is 0.407. The van der Waals surface area contributed by atoms with Crippen LogP contribution in [0.5, 0.6) is 5.75 Å². The predicted octanol–water partition coefficient (Wildman–Crippen LogP) is 4.67. The van der Waals surface area contributed by atoms with E-state index in [0.29, 0.717) is 26.4 Å². The van der Waals surface area contributed by atoms with Gasteiger partial charge in [-0.2, -0.15) is 5.06 Å². The van der Waals surface area contributed by atoms with Crippen molar-refractivity contribution >= 4 is 0 Å². The molecule has 0 radical (unpaired) electrons. The van der Waals surface area contributed by atoms with Crippen LogP contribution in [0.4, 0.5) is 0 Å². The number of hydrogen-bond acceptors (Lipinski definition) is 6. The Morgan fingerprint density at radius 2 is 1.66 bits per heavy atom. The lowest BCUT2D eigenvalue weighted by atomic mass is 9.73. The molecule has 0 aromatic heterocycles. The van der Waals surface area contributed by atoms with Gasteiger partial charge >= 0.3 is 0 Å². The van der Waals surface area contributed by atoms with E-state index in [1.54, 1.807) is 0 Å². The fourth-order valence-electron chi connectivity index (χ4n) is 5.25. The van der Waals surface area contributed by atoms with E-state index in [2.05, 4.69) is 57.0 Å². The lowest BCUT2D eigenvalue weighted by molar-refractivity contribution is -0.359. The largest absolute Gasteiger partial charge is 0.491 e. The molecule has 1 unspecified atom stereocenters. The second-order valence-corrected chi connectivity index (χ2v) is 9.89. The lowest BCUT2D eigenvalue weighted by Gasteiger charge is -2.59. The monoisotopic (exact) mass is 445 g/mol. The highest BCUT2D eigenvalue weighted by Crippen LogP contribution is 2.49. The average Bonchev–Trinajstić information content (AvgIpc) is 3.62. The van der Waals surface area contributed by atoms with Crippen LogP contribution in [-0.4, -0.2) is 61.1 Å². The van der Waals surface area contributed by atoms with Gasteiger partial charge in [0.2, 0.25) is 0 Å². The Bertz CT molecular complexity index is 757. The summed E-state index contributed by atoms with van der Waals surface area (Å²) in [6, 6.07) is 8.30. The second-order valence-electron chi connectivity index (χ2n) is 9.89. The molecule has 3 aliphatic heterocycles. The number of benzene rings is 1. The fourth-order valence-corrected chi connectivity index (χ4v) is 5.25. The summed E-state index contributed by atoms with van der Waals surface area (Å²) in [5, 5.41) is 2.27. The maximum Gasteiger partial charge on any atom is 0.172 e. The van der Waals surface area contributed by atoms with E-state index < -0.39 is 5.79 Å². The zero-order valence-corrected chi connectivity index (χ0v) is 20.1. The van der Waals surface area contributed by atoms with Crippen molar-refractivity contribution in [1.82, 2.24) is 5.06 Å². The molecule has 0 amide bonds. The first-order valence-corrected chi connectivity index (χ1v) is 12.1. The van der Waals surface area contributed by atoms with Gasteiger partial charge in [0.25, 0.3) is 0 Å². The number of piperidine rings is 1. The van der Waals surface area contributed by atoms with Crippen LogP contribution in [0.3, 0.4) is 0 Å². The standard InChI is InChI=1S/C26H39NO5/c1-5-25(6-2)20-26(30-14-7-8-15-31-26)19-24(3,4)27(25)32-16-13-21-9-11-22(12-10-21)28-17-23-18-29-23/h7-12,23H,5-6,13-20H2,1-4H3. The van der Waals surface area contributed by atoms with E-state index in [0.717, 1.165) is 44.5 Å². The number of nitrogens with zero attached hydrogens (tertiary/aromatic N) is 1. The predicted molar refractivity (Wildman–Crippen MR) is 124 cm³/mol. The van der Waals surface area contributed by atoms with Gasteiger partial charge in [0.1, 0.15) is 18.5 Å². The summed E-state index contributed by atoms with van der Waals surface area (Å²) < 4.78 is 23.5. The van der Waals surface area contributed by atoms with Gasteiger partial charge in [-0.05, 0) is 50.8 Å². The molecule has 6 heteroatoms. The highest BCUT2D eigenvalue weighted by molar-refractivity contribution is 5.27. The molecule has 1 aromatic carbocycles. The third-order valence-electron chi connectivity index (χ3n) is 7.02. The smallest absolute Gasteiger partial charge is 0.172 e. The number of hydroxylamine groups is 2. The first-order valence-electron chi connectivity index (χ1n) is 12.1. The maximum atomic E-state index is 6.54. The number of epoxide rings is 1. The van der Waals surface area contributed by atoms with Crippen LogP contribution in [0, 0.1) is 0 Å². The van der Waals surface area contributed by atoms with E-state index in [1.807, 2.05) is 12.1 Å². The summed E-state index contributed by atoms with van der Waals surface area (Å²) in [5.41, 5.74) is 0.901. The molecule has 6 nitrogen and oxygen atoms in total. The molecular weight excluding hydrogens is 406 g/mol. The van der Waals surface area contributed by atoms with Gasteiger partial charge < -0.3 is 18.9 Å². The van der Waals surface area contributed by atoms with Crippen LogP contribution in [-0.2, 0) is 25.5 Å². The molecule has 0 saturated carbocycles. The summed E-state index contributed by atoms with van der Waals surface area (Å²) in [5.74, 6) is 0.335. The molecule has 178 valence electrons. The van der Waals surface area contributed by atoms with E-state index in [4.69, 9.17) is 23.8 Å². The van der Waals surface area contributed by atoms with Gasteiger partial charge in [-0.25, -0.2) is 0 Å². The van der Waals surface area contributed by atoms with Crippen LogP contribution in [0.15, 0.2) is 36.4 Å². The molecule has 3 heterocycles. The minimum Gasteiger partial charge on any atom is -0.491 e. The first-order chi connectivity index (χ1) is 15.4. The van der Waals surface area contributed by atoms with Gasteiger partial charge in [0.05, 0.1) is 32.0 Å². The highest BCUT2D eigenvalue weighted by Gasteiger charge is 2.57. The molecule has 1 aromatic rings. The van der Waals surface area contributed by atoms with Crippen molar-refractivity contribution in [2.75, 3.05) is 33.0 Å². The van der Waals surface area contributed by atoms with Gasteiger partial charge in [-0.15, -0.1) is 0 Å². The Morgan fingerprint density at radius 1 is 1.00 bits per heavy atom. The summed E-state index contributed by atoms with van der Waals surface area (Å²) in [7, 11) is 0. The highest BCUT2D eigenvalue weighted by atomic mass is 16.7. The normalized spacial score (nSPS) is 26.1. The van der Waals surface area contributed by atoms with Crippen molar-refractivity contribution in [3.63, 3.8) is 0 Å². The molecular formula is C26H39NO5. The Kier molecular flexibility index (Phi) is 7.27. The fraction of sp³-hybridized carbons (Fsp3) is 0.692. The van der Waals surface area contributed by atoms with Crippen LogP contribution in [0.25, 0.3) is 0 Å². The molecule has 0 aliphatic carbocycles. The van der Waals surface area contributed by atoms with Crippen molar-refractivity contribution in [1.29, 1.82) is 0 Å². The van der Waals surface area contributed by atoms with Crippen LogP contribution in [0.2, 0.25) is 0 Å². The Labute approximate surface area is 192 Å². The Morgan fingerprint density at radius 3 is 2.25 bits per heavy atom. The maximum absolute atomic E-state index is 6.54. The minimum atomic E-state index is -0.555. The number of rotatable bonds is 9. The summed E-state index contributed by atoms with van der Waals surface area (Å²) in [6.45, 7) is 12.3. The van der Waals surface area contributed by atoms with Crippen molar-refractivity contribution < 1.29 is 23.8 Å². The Balaban J connectivity index is 1.38. The molecule has 0 N–H and O–H groups in total. The number of hydrogen-bond donors (Lipinski definition) is 0. The summed E-state index contributed by atoms with van der Waals surface area (Å²) in [4.78, 5) is 6.54. The summed E-state index contributed by atoms with van der Waals surface area (Å²) in [6.07, 6.45) is 8.79. The van der Waals surface area contributed by atoms with Crippen molar-refractivity contribution in [3.8, 4) is 5.75 Å². The van der Waals surface area contributed by atoms with Crippen LogP contribution < -0.4 is 4.74 Å². The SMILES string of the molecule is CCC1(CC)CC2(CC(C)(C)N1OCCc1ccc(OCC3CO3)cc1)OCC=CCO2. The molecule has 32 heavy (non-hydrogen) atoms. The summed E-state index contributed by atoms with van der Waals surface area (Å²) >= 11 is 0. The minimum absolute atomic E-state index is 0.130. The third-order valence-corrected chi connectivity index (χ3v) is 7.02. The van der Waals surface area contributed by atoms with Gasteiger partial charge in [-0.3, -0.25) is 4.84 Å². The molecule has 0 bridgehead atoms. The van der Waals surface area contributed by atoms with E-state index in [9.17, 15) is 0 Å². The Hall–Kier alpha value is -1.44. The molecule has 2 saturated heterocycles. The van der Waals surface area contributed by atoms with Crippen molar-refractivity contribution in [2.45, 2.75) is 82.8 Å². The van der Waals surface area contributed by atoms with Crippen molar-refractivity contribution in [2.24, 2.45) is 0 Å². The zero-order valence-electron chi connectivity index (χ0n) is 20.1. The van der Waals surface area contributed by atoms with E-state index in [-0.39, 0.29) is 17.2 Å². The second kappa shape index (κ2) is 9.82. The van der Waals surface area contributed by atoms with E-state index in [1.165, 1.54) is 5.56 Å². The van der Waals surface area contributed by atoms with Crippen molar-refractivity contribution in [3.05, 3.63) is 42.0 Å². The topological polar surface area (TPSA) is 52.7 Å². The van der Waals surface area contributed by atoms with Gasteiger partial charge in [0.15, 0.2) is 5.79 Å². The average molecular weight is 446 g/mol. The molecule has 1 atom stereocenters. The molecule has 1 spiro atoms. The van der Waals surface area contributed by atoms with Gasteiger partial charge in [-0.1, -0.05) is 38.1 Å². The zero-order chi connectivity index (χ0) is 22.7. The molecule has 4 rings (SSSR count). The lowest BCUT2D eigenvalue weighted by Crippen LogP contribution is -2.68. The molecule has 2 fully saturated rings. The first kappa shape index (κ1) is 23.7. The third kappa shape index (κ3) is 5.37. The molecule has 3 aliphatic rings. The van der Waals surface area contributed by atoms with E-state index >= 15 is 0 Å².